The fourth-order valence-corrected chi connectivity index (χ4v) is 5.88. The van der Waals surface area contributed by atoms with Crippen LogP contribution in [0.15, 0.2) is 24.3 Å². The third-order valence-electron chi connectivity index (χ3n) is 7.31. The summed E-state index contributed by atoms with van der Waals surface area (Å²) in [6.07, 6.45) is 5.14. The number of amides is 2. The lowest BCUT2D eigenvalue weighted by molar-refractivity contribution is -0.135. The Bertz CT molecular complexity index is 748. The van der Waals surface area contributed by atoms with Crippen LogP contribution in [0.25, 0.3) is 0 Å². The number of unbranched alkanes of at least 4 members (excludes halogenated alkanes) is 1. The quantitative estimate of drug-likeness (QED) is 0.618. The lowest BCUT2D eigenvalue weighted by Crippen LogP contribution is -2.46. The second-order valence-corrected chi connectivity index (χ2v) is 9.53. The molecule has 3 fully saturated rings. The van der Waals surface area contributed by atoms with Crippen LogP contribution < -0.4 is 16.0 Å². The maximum absolute atomic E-state index is 12.7. The SMILES string of the molecule is NC(=O)C1C2CCC(C2)C1C(=O)NCCCCN1CCN(c2ccc(Cl)cc2)CC1. The van der Waals surface area contributed by atoms with Crippen LogP contribution in [-0.4, -0.2) is 56.0 Å². The number of fused-ring (bicyclic) bond motifs is 2. The zero-order valence-electron chi connectivity index (χ0n) is 17.6. The van der Waals surface area contributed by atoms with E-state index in [1.807, 2.05) is 12.1 Å². The highest BCUT2D eigenvalue weighted by Crippen LogP contribution is 2.52. The van der Waals surface area contributed by atoms with E-state index in [4.69, 9.17) is 17.3 Å². The molecule has 2 aliphatic carbocycles. The highest BCUT2D eigenvalue weighted by Gasteiger charge is 2.53. The average Bonchev–Trinajstić information content (AvgIpc) is 3.36. The number of carbonyl (C=O) groups is 2. The summed E-state index contributed by atoms with van der Waals surface area (Å²) in [4.78, 5) is 29.4. The first-order valence-electron chi connectivity index (χ1n) is 11.3. The first-order valence-corrected chi connectivity index (χ1v) is 11.7. The van der Waals surface area contributed by atoms with Gasteiger partial charge in [-0.2, -0.15) is 0 Å². The van der Waals surface area contributed by atoms with Gasteiger partial charge in [0.25, 0.3) is 0 Å². The van der Waals surface area contributed by atoms with Crippen LogP contribution in [0.2, 0.25) is 5.02 Å². The minimum absolute atomic E-state index is 0.0441. The molecule has 4 unspecified atom stereocenters. The number of primary amides is 1. The summed E-state index contributed by atoms with van der Waals surface area (Å²) in [6, 6.07) is 8.05. The Labute approximate surface area is 184 Å². The van der Waals surface area contributed by atoms with Crippen molar-refractivity contribution in [2.45, 2.75) is 32.1 Å². The van der Waals surface area contributed by atoms with Crippen LogP contribution >= 0.6 is 11.6 Å². The molecule has 1 aromatic carbocycles. The van der Waals surface area contributed by atoms with Gasteiger partial charge in [-0.3, -0.25) is 14.5 Å². The van der Waals surface area contributed by atoms with Gasteiger partial charge in [0.1, 0.15) is 0 Å². The van der Waals surface area contributed by atoms with Gasteiger partial charge in [0.05, 0.1) is 11.8 Å². The summed E-state index contributed by atoms with van der Waals surface area (Å²) >= 11 is 5.98. The maximum atomic E-state index is 12.7. The van der Waals surface area contributed by atoms with Crippen molar-refractivity contribution in [2.24, 2.45) is 29.4 Å². The van der Waals surface area contributed by atoms with E-state index in [9.17, 15) is 9.59 Å². The lowest BCUT2D eigenvalue weighted by atomic mass is 9.78. The largest absolute Gasteiger partial charge is 0.369 e. The summed E-state index contributed by atoms with van der Waals surface area (Å²) in [6.45, 7) is 5.90. The van der Waals surface area contributed by atoms with E-state index in [2.05, 4.69) is 27.2 Å². The number of hydrogen-bond donors (Lipinski definition) is 2. The molecule has 3 N–H and O–H groups in total. The lowest BCUT2D eigenvalue weighted by Gasteiger charge is -2.36. The molecular weight excluding hydrogens is 400 g/mol. The number of halogens is 1. The van der Waals surface area contributed by atoms with Gasteiger partial charge in [-0.05, 0) is 74.8 Å². The molecule has 1 heterocycles. The van der Waals surface area contributed by atoms with E-state index in [0.717, 1.165) is 69.9 Å². The molecule has 2 amide bonds. The predicted molar refractivity (Wildman–Crippen MR) is 119 cm³/mol. The van der Waals surface area contributed by atoms with Crippen molar-refractivity contribution in [1.82, 2.24) is 10.2 Å². The second kappa shape index (κ2) is 9.56. The number of nitrogens with one attached hydrogen (secondary N) is 1. The average molecular weight is 433 g/mol. The van der Waals surface area contributed by atoms with Gasteiger partial charge in [0.15, 0.2) is 0 Å². The Morgan fingerprint density at radius 3 is 2.33 bits per heavy atom. The first kappa shape index (κ1) is 21.4. The molecule has 1 aromatic rings. The molecular formula is C23H33ClN4O2. The van der Waals surface area contributed by atoms with Crippen molar-refractivity contribution in [3.05, 3.63) is 29.3 Å². The third kappa shape index (κ3) is 4.75. The molecule has 1 saturated heterocycles. The van der Waals surface area contributed by atoms with E-state index in [0.29, 0.717) is 18.4 Å². The Morgan fingerprint density at radius 2 is 1.67 bits per heavy atom. The van der Waals surface area contributed by atoms with Crippen LogP contribution in [-0.2, 0) is 9.59 Å². The summed E-state index contributed by atoms with van der Waals surface area (Å²) in [5.74, 6) is -0.00946. The van der Waals surface area contributed by atoms with Gasteiger partial charge >= 0.3 is 0 Å². The van der Waals surface area contributed by atoms with Gasteiger partial charge in [0.2, 0.25) is 11.8 Å². The van der Waals surface area contributed by atoms with Crippen molar-refractivity contribution < 1.29 is 9.59 Å². The number of hydrogen-bond acceptors (Lipinski definition) is 4. The minimum Gasteiger partial charge on any atom is -0.369 e. The Morgan fingerprint density at radius 1 is 1.00 bits per heavy atom. The molecule has 4 rings (SSSR count). The van der Waals surface area contributed by atoms with Crippen LogP contribution in [0.1, 0.15) is 32.1 Å². The number of anilines is 1. The second-order valence-electron chi connectivity index (χ2n) is 9.09. The third-order valence-corrected chi connectivity index (χ3v) is 7.56. The first-order chi connectivity index (χ1) is 14.5. The summed E-state index contributed by atoms with van der Waals surface area (Å²) in [7, 11) is 0. The Hall–Kier alpha value is -1.79. The van der Waals surface area contributed by atoms with Crippen LogP contribution in [0.3, 0.4) is 0 Å². The van der Waals surface area contributed by atoms with E-state index in [1.165, 1.54) is 5.69 Å². The molecule has 4 atom stereocenters. The number of nitrogens with two attached hydrogens (primary N) is 1. The number of piperazine rings is 1. The van der Waals surface area contributed by atoms with Crippen LogP contribution in [0.4, 0.5) is 5.69 Å². The molecule has 6 nitrogen and oxygen atoms in total. The predicted octanol–water partition coefficient (Wildman–Crippen LogP) is 2.51. The fourth-order valence-electron chi connectivity index (χ4n) is 5.75. The number of benzene rings is 1. The zero-order valence-corrected chi connectivity index (χ0v) is 18.3. The maximum Gasteiger partial charge on any atom is 0.224 e. The molecule has 7 heteroatoms. The van der Waals surface area contributed by atoms with Gasteiger partial charge in [-0.1, -0.05) is 11.6 Å². The van der Waals surface area contributed by atoms with Crippen LogP contribution in [0.5, 0.6) is 0 Å². The molecule has 1 aliphatic heterocycles. The van der Waals surface area contributed by atoms with E-state index in [1.54, 1.807) is 0 Å². The molecule has 164 valence electrons. The summed E-state index contributed by atoms with van der Waals surface area (Å²) in [5.41, 5.74) is 6.82. The van der Waals surface area contributed by atoms with Crippen molar-refractivity contribution in [3.8, 4) is 0 Å². The number of rotatable bonds is 8. The van der Waals surface area contributed by atoms with E-state index >= 15 is 0 Å². The monoisotopic (exact) mass is 432 g/mol. The summed E-state index contributed by atoms with van der Waals surface area (Å²) < 4.78 is 0. The van der Waals surface area contributed by atoms with Crippen LogP contribution in [0, 0.1) is 23.7 Å². The standard InChI is InChI=1S/C23H33ClN4O2/c24-18-5-7-19(8-6-18)28-13-11-27(12-14-28)10-2-1-9-26-23(30)21-17-4-3-16(15-17)20(21)22(25)29/h5-8,16-17,20-21H,1-4,9-15H2,(H2,25,29)(H,26,30). The smallest absolute Gasteiger partial charge is 0.224 e. The van der Waals surface area contributed by atoms with E-state index < -0.39 is 0 Å². The molecule has 0 spiro atoms. The van der Waals surface area contributed by atoms with Crippen molar-refractivity contribution in [1.29, 1.82) is 0 Å². The van der Waals surface area contributed by atoms with Gasteiger partial charge < -0.3 is 16.0 Å². The molecule has 3 aliphatic rings. The molecule has 2 bridgehead atoms. The van der Waals surface area contributed by atoms with Crippen molar-refractivity contribution in [3.63, 3.8) is 0 Å². The fraction of sp³-hybridized carbons (Fsp3) is 0.652. The van der Waals surface area contributed by atoms with Crippen molar-refractivity contribution in [2.75, 3.05) is 44.2 Å². The molecule has 2 saturated carbocycles. The highest BCUT2D eigenvalue weighted by atomic mass is 35.5. The Balaban J connectivity index is 1.12. The van der Waals surface area contributed by atoms with Gasteiger partial charge in [-0.25, -0.2) is 0 Å². The summed E-state index contributed by atoms with van der Waals surface area (Å²) in [5, 5.41) is 3.85. The minimum atomic E-state index is -0.292. The normalized spacial score (nSPS) is 28.6. The molecule has 0 radical (unpaired) electrons. The van der Waals surface area contributed by atoms with Gasteiger partial charge in [-0.15, -0.1) is 0 Å². The van der Waals surface area contributed by atoms with E-state index in [-0.39, 0.29) is 23.7 Å². The topological polar surface area (TPSA) is 78.7 Å². The van der Waals surface area contributed by atoms with Crippen molar-refractivity contribution >= 4 is 29.1 Å². The zero-order chi connectivity index (χ0) is 21.1. The Kier molecular flexibility index (Phi) is 6.84. The number of nitrogens with zero attached hydrogens (tertiary/aromatic N) is 2. The van der Waals surface area contributed by atoms with Gasteiger partial charge in [0, 0.05) is 43.4 Å². The molecule has 30 heavy (non-hydrogen) atoms. The highest BCUT2D eigenvalue weighted by molar-refractivity contribution is 6.30. The molecule has 0 aromatic heterocycles. The number of carbonyl (C=O) groups excluding carboxylic acids is 2.